The monoisotopic (exact) mass is 266 g/mol. The molecule has 3 heteroatoms. The Bertz CT molecular complexity index is 592. The zero-order valence-electron chi connectivity index (χ0n) is 11.3. The normalized spacial score (nSPS) is 35.2. The lowest BCUT2D eigenvalue weighted by Gasteiger charge is -2.37. The number of nitrogens with one attached hydrogen (secondary N) is 1. The van der Waals surface area contributed by atoms with Crippen molar-refractivity contribution in [2.24, 2.45) is 11.8 Å². The minimum absolute atomic E-state index is 0.00861. The van der Waals surface area contributed by atoms with E-state index in [0.717, 1.165) is 18.7 Å². The van der Waals surface area contributed by atoms with Crippen LogP contribution in [-0.4, -0.2) is 22.9 Å². The van der Waals surface area contributed by atoms with Crippen LogP contribution >= 0.6 is 0 Å². The molecule has 20 heavy (non-hydrogen) atoms. The van der Waals surface area contributed by atoms with Crippen molar-refractivity contribution >= 4 is 5.91 Å². The van der Waals surface area contributed by atoms with Gasteiger partial charge in [-0.3, -0.25) is 9.69 Å². The number of fused-ring (bicyclic) bond motifs is 5. The van der Waals surface area contributed by atoms with E-state index in [9.17, 15) is 4.79 Å². The summed E-state index contributed by atoms with van der Waals surface area (Å²) in [6.45, 7) is 4.91. The van der Waals surface area contributed by atoms with E-state index in [1.165, 1.54) is 5.56 Å². The van der Waals surface area contributed by atoms with Crippen molar-refractivity contribution in [3.63, 3.8) is 0 Å². The molecule has 2 saturated heterocycles. The molecule has 0 radical (unpaired) electrons. The van der Waals surface area contributed by atoms with Crippen LogP contribution in [0.5, 0.6) is 0 Å². The molecule has 3 nitrogen and oxygen atoms in total. The summed E-state index contributed by atoms with van der Waals surface area (Å²) >= 11 is 0. The molecule has 102 valence electrons. The summed E-state index contributed by atoms with van der Waals surface area (Å²) in [6, 6.07) is 10.6. The summed E-state index contributed by atoms with van der Waals surface area (Å²) < 4.78 is 0. The molecule has 2 aliphatic heterocycles. The van der Waals surface area contributed by atoms with Gasteiger partial charge >= 0.3 is 0 Å². The molecule has 1 amide bonds. The van der Waals surface area contributed by atoms with Crippen LogP contribution in [0.2, 0.25) is 0 Å². The number of hydrogen-bond donors (Lipinski definition) is 1. The Labute approximate surface area is 119 Å². The number of benzene rings is 1. The molecule has 2 fully saturated rings. The highest BCUT2D eigenvalue weighted by molar-refractivity contribution is 5.86. The van der Waals surface area contributed by atoms with Crippen molar-refractivity contribution < 1.29 is 4.79 Å². The van der Waals surface area contributed by atoms with E-state index in [2.05, 4.69) is 53.2 Å². The van der Waals surface area contributed by atoms with Crippen molar-refractivity contribution in [1.29, 1.82) is 0 Å². The first-order valence-corrected chi connectivity index (χ1v) is 7.22. The fraction of sp³-hybridized carbons (Fsp3) is 0.353. The molecular formula is C17H18N2O. The van der Waals surface area contributed by atoms with Gasteiger partial charge in [0.1, 0.15) is 0 Å². The van der Waals surface area contributed by atoms with Crippen LogP contribution in [0.4, 0.5) is 0 Å². The van der Waals surface area contributed by atoms with Crippen molar-refractivity contribution in [3.05, 3.63) is 60.3 Å². The quantitative estimate of drug-likeness (QED) is 0.831. The van der Waals surface area contributed by atoms with Gasteiger partial charge in [0.15, 0.2) is 0 Å². The van der Waals surface area contributed by atoms with Gasteiger partial charge in [0, 0.05) is 18.2 Å². The molecule has 0 unspecified atom stereocenters. The van der Waals surface area contributed by atoms with Crippen molar-refractivity contribution in [3.8, 4) is 0 Å². The predicted octanol–water partition coefficient (Wildman–Crippen LogP) is 2.08. The molecule has 1 N–H and O–H groups in total. The van der Waals surface area contributed by atoms with Crippen LogP contribution in [-0.2, 0) is 11.3 Å². The van der Waals surface area contributed by atoms with E-state index in [1.54, 1.807) is 0 Å². The average Bonchev–Trinajstić information content (AvgIpc) is 2.96. The topological polar surface area (TPSA) is 32.3 Å². The molecule has 4 atom stereocenters. The lowest BCUT2D eigenvalue weighted by atomic mass is 9.90. The van der Waals surface area contributed by atoms with Gasteiger partial charge in [-0.15, -0.1) is 0 Å². The van der Waals surface area contributed by atoms with Gasteiger partial charge in [-0.1, -0.05) is 49.1 Å². The Hall–Kier alpha value is -1.87. The maximum atomic E-state index is 12.4. The highest BCUT2D eigenvalue weighted by Gasteiger charge is 2.55. The fourth-order valence-electron chi connectivity index (χ4n) is 4.09. The molecule has 0 aromatic heterocycles. The minimum Gasteiger partial charge on any atom is -0.327 e. The molecule has 1 aromatic rings. The second-order valence-electron chi connectivity index (χ2n) is 5.97. The van der Waals surface area contributed by atoms with Crippen LogP contribution in [0, 0.1) is 11.8 Å². The molecule has 0 saturated carbocycles. The molecule has 1 aromatic carbocycles. The average molecular weight is 266 g/mol. The number of rotatable bonds is 2. The van der Waals surface area contributed by atoms with Gasteiger partial charge < -0.3 is 5.32 Å². The molecule has 2 bridgehead atoms. The molecule has 0 spiro atoms. The third-order valence-electron chi connectivity index (χ3n) is 4.86. The minimum atomic E-state index is -0.00861. The van der Waals surface area contributed by atoms with Gasteiger partial charge in [-0.05, 0) is 17.9 Å². The Morgan fingerprint density at radius 3 is 2.85 bits per heavy atom. The van der Waals surface area contributed by atoms with Gasteiger partial charge in [-0.2, -0.15) is 0 Å². The van der Waals surface area contributed by atoms with Gasteiger partial charge in [0.25, 0.3) is 0 Å². The Kier molecular flexibility index (Phi) is 2.57. The summed E-state index contributed by atoms with van der Waals surface area (Å²) in [5.41, 5.74) is 2.12. The molecule has 2 heterocycles. The lowest BCUT2D eigenvalue weighted by Crippen LogP contribution is -2.54. The first-order chi connectivity index (χ1) is 9.75. The Morgan fingerprint density at radius 2 is 2.05 bits per heavy atom. The summed E-state index contributed by atoms with van der Waals surface area (Å²) in [6.07, 6.45) is 5.51. The smallest absolute Gasteiger partial charge is 0.241 e. The van der Waals surface area contributed by atoms with Gasteiger partial charge in [0.2, 0.25) is 5.91 Å². The third-order valence-corrected chi connectivity index (χ3v) is 4.86. The number of allylic oxidation sites excluding steroid dienone is 1. The highest BCUT2D eigenvalue weighted by Crippen LogP contribution is 2.47. The maximum absolute atomic E-state index is 12.4. The van der Waals surface area contributed by atoms with E-state index in [0.29, 0.717) is 11.8 Å². The van der Waals surface area contributed by atoms with Crippen LogP contribution < -0.4 is 5.32 Å². The van der Waals surface area contributed by atoms with Gasteiger partial charge in [0.05, 0.1) is 12.1 Å². The van der Waals surface area contributed by atoms with Crippen LogP contribution in [0.15, 0.2) is 54.8 Å². The summed E-state index contributed by atoms with van der Waals surface area (Å²) in [5.74, 6) is 0.983. The van der Waals surface area contributed by atoms with E-state index in [1.807, 2.05) is 6.07 Å². The number of piperazine rings is 1. The second-order valence-corrected chi connectivity index (χ2v) is 5.97. The number of hydrogen-bond acceptors (Lipinski definition) is 2. The van der Waals surface area contributed by atoms with E-state index >= 15 is 0 Å². The first kappa shape index (κ1) is 11.9. The molecular weight excluding hydrogens is 248 g/mol. The second kappa shape index (κ2) is 4.32. The van der Waals surface area contributed by atoms with E-state index < -0.39 is 0 Å². The number of carbonyl (C=O) groups excluding carboxylic acids is 1. The van der Waals surface area contributed by atoms with Crippen molar-refractivity contribution in [2.45, 2.75) is 25.0 Å². The SMILES string of the molecule is C=C1NC(=O)[C@H]2[C@H]3CC=C[C@H]3[C@@H]1N2Cc1ccccc1. The van der Waals surface area contributed by atoms with Crippen LogP contribution in [0.25, 0.3) is 0 Å². The van der Waals surface area contributed by atoms with Gasteiger partial charge in [-0.25, -0.2) is 0 Å². The summed E-state index contributed by atoms with van der Waals surface area (Å²) in [4.78, 5) is 14.7. The fourth-order valence-corrected chi connectivity index (χ4v) is 4.09. The van der Waals surface area contributed by atoms with E-state index in [-0.39, 0.29) is 18.0 Å². The lowest BCUT2D eigenvalue weighted by molar-refractivity contribution is -0.128. The zero-order chi connectivity index (χ0) is 13.7. The molecule has 1 aliphatic carbocycles. The highest BCUT2D eigenvalue weighted by atomic mass is 16.2. The van der Waals surface area contributed by atoms with Crippen molar-refractivity contribution in [2.75, 3.05) is 0 Å². The van der Waals surface area contributed by atoms with Crippen LogP contribution in [0.1, 0.15) is 12.0 Å². The van der Waals surface area contributed by atoms with E-state index in [4.69, 9.17) is 0 Å². The third kappa shape index (κ3) is 1.59. The standard InChI is InChI=1S/C17H18N2O/c1-11-15-13-8-5-9-14(13)16(17(20)18-11)19(15)10-12-6-3-2-4-7-12/h2-8,13-16H,1,9-10H2,(H,18,20)/t13-,14+,15-,16-/m1/s1. The number of nitrogens with zero attached hydrogens (tertiary/aromatic N) is 1. The zero-order valence-corrected chi connectivity index (χ0v) is 11.3. The Morgan fingerprint density at radius 1 is 1.25 bits per heavy atom. The number of amides is 1. The largest absolute Gasteiger partial charge is 0.327 e. The molecule has 3 aliphatic rings. The number of carbonyl (C=O) groups is 1. The predicted molar refractivity (Wildman–Crippen MR) is 77.6 cm³/mol. The summed E-state index contributed by atoms with van der Waals surface area (Å²) in [7, 11) is 0. The Balaban J connectivity index is 1.70. The maximum Gasteiger partial charge on any atom is 0.241 e. The first-order valence-electron chi connectivity index (χ1n) is 7.22. The summed E-state index contributed by atoms with van der Waals surface area (Å²) in [5, 5.41) is 2.98. The van der Waals surface area contributed by atoms with Crippen molar-refractivity contribution in [1.82, 2.24) is 10.2 Å². The molecule has 4 rings (SSSR count). The van der Waals surface area contributed by atoms with Crippen LogP contribution in [0.3, 0.4) is 0 Å².